The molecular weight excluding hydrogens is 246 g/mol. The van der Waals surface area contributed by atoms with Crippen LogP contribution >= 0.6 is 23.3 Å². The number of fused-ring (bicyclic) bond motifs is 1. The van der Waals surface area contributed by atoms with Gasteiger partial charge >= 0.3 is 0 Å². The molecule has 0 unspecified atom stereocenters. The molecule has 2 aromatic rings. The van der Waals surface area contributed by atoms with Gasteiger partial charge in [0.1, 0.15) is 11.0 Å². The van der Waals surface area contributed by atoms with E-state index in [0.717, 1.165) is 47.5 Å². The van der Waals surface area contributed by atoms with Crippen molar-refractivity contribution in [2.45, 2.75) is 0 Å². The normalized spacial score (nSPS) is 14.9. The van der Waals surface area contributed by atoms with Crippen LogP contribution < -0.4 is 10.6 Å². The number of benzene rings is 1. The maximum Gasteiger partial charge on any atom is 0.195 e. The summed E-state index contributed by atoms with van der Waals surface area (Å²) < 4.78 is 8.28. The number of rotatable bonds is 1. The van der Waals surface area contributed by atoms with Crippen molar-refractivity contribution < 1.29 is 0 Å². The fraction of sp³-hybridized carbons (Fsp3) is 0.222. The fourth-order valence-corrected chi connectivity index (χ4v) is 2.37. The first kappa shape index (κ1) is 9.80. The summed E-state index contributed by atoms with van der Waals surface area (Å²) in [5.41, 5.74) is 2.35. The highest BCUT2D eigenvalue weighted by Gasteiger charge is 2.11. The minimum absolute atomic E-state index is 0.586. The van der Waals surface area contributed by atoms with Crippen molar-refractivity contribution in [1.82, 2.24) is 14.1 Å². The summed E-state index contributed by atoms with van der Waals surface area (Å²) in [4.78, 5) is 4.24. The van der Waals surface area contributed by atoms with Crippen molar-refractivity contribution in [3.05, 3.63) is 17.2 Å². The zero-order valence-electron chi connectivity index (χ0n) is 8.20. The van der Waals surface area contributed by atoms with Crippen LogP contribution in [0.2, 0.25) is 5.02 Å². The van der Waals surface area contributed by atoms with E-state index in [4.69, 9.17) is 11.6 Å². The van der Waals surface area contributed by atoms with E-state index in [-0.39, 0.29) is 0 Å². The molecule has 2 heterocycles. The quantitative estimate of drug-likeness (QED) is 0.812. The predicted octanol–water partition coefficient (Wildman–Crippen LogP) is 1.72. The van der Waals surface area contributed by atoms with Crippen LogP contribution in [0.3, 0.4) is 0 Å². The lowest BCUT2D eigenvalue weighted by atomic mass is 10.3. The van der Waals surface area contributed by atoms with Gasteiger partial charge in [-0.2, -0.15) is 8.75 Å². The molecule has 0 saturated heterocycles. The van der Waals surface area contributed by atoms with E-state index in [9.17, 15) is 0 Å². The van der Waals surface area contributed by atoms with Crippen molar-refractivity contribution >= 4 is 46.0 Å². The number of hydrogen-bond acceptors (Lipinski definition) is 6. The highest BCUT2D eigenvalue weighted by molar-refractivity contribution is 7.00. The maximum atomic E-state index is 6.22. The van der Waals surface area contributed by atoms with E-state index >= 15 is 0 Å². The minimum atomic E-state index is 0.586. The van der Waals surface area contributed by atoms with Crippen molar-refractivity contribution in [1.29, 1.82) is 0 Å². The summed E-state index contributed by atoms with van der Waals surface area (Å²) in [6.45, 7) is 1.65. The standard InChI is InChI=1S/C9H8ClN5S/c10-7-5(13-9-11-3-4-12-9)1-2-6-8(7)15-16-14-6/h1-2H,3-4H2,(H2,11,12,13). The third-order valence-corrected chi connectivity index (χ3v) is 3.22. The monoisotopic (exact) mass is 253 g/mol. The van der Waals surface area contributed by atoms with Gasteiger partial charge in [-0.3, -0.25) is 4.99 Å². The fourth-order valence-electron chi connectivity index (χ4n) is 1.53. The van der Waals surface area contributed by atoms with Gasteiger partial charge in [0.2, 0.25) is 0 Å². The Morgan fingerprint density at radius 1 is 1.38 bits per heavy atom. The smallest absolute Gasteiger partial charge is 0.195 e. The summed E-state index contributed by atoms with van der Waals surface area (Å²) >= 11 is 7.38. The number of halogens is 1. The third kappa shape index (κ3) is 1.60. The Morgan fingerprint density at radius 3 is 3.12 bits per heavy atom. The molecule has 2 N–H and O–H groups in total. The first-order valence-corrected chi connectivity index (χ1v) is 5.91. The molecular formula is C9H8ClN5S. The number of hydrogen-bond donors (Lipinski definition) is 2. The van der Waals surface area contributed by atoms with Crippen LogP contribution in [-0.2, 0) is 0 Å². The second-order valence-corrected chi connectivity index (χ2v) is 4.25. The summed E-state index contributed by atoms with van der Waals surface area (Å²) in [7, 11) is 0. The zero-order chi connectivity index (χ0) is 11.0. The number of nitrogens with one attached hydrogen (secondary N) is 2. The van der Waals surface area contributed by atoms with Gasteiger partial charge in [0.15, 0.2) is 5.96 Å². The average molecular weight is 254 g/mol. The molecule has 3 rings (SSSR count). The van der Waals surface area contributed by atoms with Gasteiger partial charge in [-0.1, -0.05) is 11.6 Å². The molecule has 16 heavy (non-hydrogen) atoms. The first-order valence-electron chi connectivity index (χ1n) is 4.81. The lowest BCUT2D eigenvalue weighted by molar-refractivity contribution is 0.959. The van der Waals surface area contributed by atoms with E-state index in [1.165, 1.54) is 0 Å². The summed E-state index contributed by atoms with van der Waals surface area (Å²) in [5.74, 6) is 0.754. The van der Waals surface area contributed by atoms with Crippen LogP contribution in [0.25, 0.3) is 11.0 Å². The molecule has 1 aromatic heterocycles. The summed E-state index contributed by atoms with van der Waals surface area (Å²) in [5, 5.41) is 6.84. The second-order valence-electron chi connectivity index (χ2n) is 3.34. The average Bonchev–Trinajstić information content (AvgIpc) is 2.93. The molecule has 0 bridgehead atoms. The van der Waals surface area contributed by atoms with Crippen LogP contribution in [0.5, 0.6) is 0 Å². The molecule has 7 heteroatoms. The Bertz CT molecular complexity index is 564. The number of guanidine groups is 1. The molecule has 0 fully saturated rings. The highest BCUT2D eigenvalue weighted by atomic mass is 35.5. The van der Waals surface area contributed by atoms with E-state index < -0.39 is 0 Å². The zero-order valence-corrected chi connectivity index (χ0v) is 9.77. The highest BCUT2D eigenvalue weighted by Crippen LogP contribution is 2.29. The number of aliphatic imine (C=N–C) groups is 1. The van der Waals surface area contributed by atoms with Gasteiger partial charge in [0.25, 0.3) is 0 Å². The molecule has 1 aliphatic heterocycles. The lowest BCUT2D eigenvalue weighted by Gasteiger charge is -2.07. The van der Waals surface area contributed by atoms with E-state index in [1.54, 1.807) is 0 Å². The van der Waals surface area contributed by atoms with Crippen molar-refractivity contribution in [2.75, 3.05) is 18.4 Å². The van der Waals surface area contributed by atoms with Gasteiger partial charge in [-0.05, 0) is 12.1 Å². The van der Waals surface area contributed by atoms with Crippen molar-refractivity contribution in [2.24, 2.45) is 4.99 Å². The number of anilines is 1. The molecule has 0 aliphatic carbocycles. The molecule has 0 saturated carbocycles. The lowest BCUT2D eigenvalue weighted by Crippen LogP contribution is -2.26. The number of nitrogens with zero attached hydrogens (tertiary/aromatic N) is 3. The predicted molar refractivity (Wildman–Crippen MR) is 66.4 cm³/mol. The minimum Gasteiger partial charge on any atom is -0.354 e. The van der Waals surface area contributed by atoms with Gasteiger partial charge in [-0.25, -0.2) is 0 Å². The molecule has 0 atom stereocenters. The van der Waals surface area contributed by atoms with Crippen LogP contribution in [0, 0.1) is 0 Å². The Morgan fingerprint density at radius 2 is 2.31 bits per heavy atom. The van der Waals surface area contributed by atoms with Crippen molar-refractivity contribution in [3.8, 4) is 0 Å². The SMILES string of the molecule is Clc1c(NC2=NCCN2)ccc2nsnc12. The van der Waals surface area contributed by atoms with Gasteiger partial charge in [-0.15, -0.1) is 0 Å². The molecule has 82 valence electrons. The molecule has 0 radical (unpaired) electrons. The Kier molecular flexibility index (Phi) is 2.37. The molecule has 0 amide bonds. The van der Waals surface area contributed by atoms with Crippen LogP contribution in [-0.4, -0.2) is 27.8 Å². The summed E-state index contributed by atoms with van der Waals surface area (Å²) in [6, 6.07) is 3.77. The van der Waals surface area contributed by atoms with E-state index in [0.29, 0.717) is 5.02 Å². The summed E-state index contributed by atoms with van der Waals surface area (Å²) in [6.07, 6.45) is 0. The second kappa shape index (κ2) is 3.88. The molecule has 1 aromatic carbocycles. The van der Waals surface area contributed by atoms with Crippen LogP contribution in [0.1, 0.15) is 0 Å². The van der Waals surface area contributed by atoms with Gasteiger partial charge in [0, 0.05) is 6.54 Å². The Labute approximate surface area is 101 Å². The number of aromatic nitrogens is 2. The van der Waals surface area contributed by atoms with Gasteiger partial charge in [0.05, 0.1) is 29.0 Å². The van der Waals surface area contributed by atoms with E-state index in [2.05, 4.69) is 24.4 Å². The molecule has 1 aliphatic rings. The molecule has 5 nitrogen and oxygen atoms in total. The molecule has 0 spiro atoms. The van der Waals surface area contributed by atoms with Crippen LogP contribution in [0.4, 0.5) is 5.69 Å². The largest absolute Gasteiger partial charge is 0.354 e. The van der Waals surface area contributed by atoms with Crippen molar-refractivity contribution in [3.63, 3.8) is 0 Å². The van der Waals surface area contributed by atoms with Gasteiger partial charge < -0.3 is 10.6 Å². The van der Waals surface area contributed by atoms with E-state index in [1.807, 2.05) is 12.1 Å². The first-order chi connectivity index (χ1) is 7.84. The Balaban J connectivity index is 1.99. The van der Waals surface area contributed by atoms with Crippen LogP contribution in [0.15, 0.2) is 17.1 Å². The topological polar surface area (TPSA) is 62.2 Å². The third-order valence-electron chi connectivity index (χ3n) is 2.29. The maximum absolute atomic E-state index is 6.22. The Hall–Kier alpha value is -1.40.